The highest BCUT2D eigenvalue weighted by molar-refractivity contribution is 5.78. The normalized spacial score (nSPS) is 14.6. The zero-order chi connectivity index (χ0) is 17.4. The van der Waals surface area contributed by atoms with Gasteiger partial charge in [0.05, 0.1) is 5.92 Å². The highest BCUT2D eigenvalue weighted by Crippen LogP contribution is 2.13. The molecule has 5 N–H and O–H groups in total. The molecule has 0 aromatic rings. The van der Waals surface area contributed by atoms with Crippen molar-refractivity contribution in [3.05, 3.63) is 0 Å². The van der Waals surface area contributed by atoms with Crippen LogP contribution >= 0.6 is 0 Å². The first kappa shape index (κ1) is 21.3. The third-order valence-corrected chi connectivity index (χ3v) is 1.67. The van der Waals surface area contributed by atoms with Gasteiger partial charge in [0.1, 0.15) is 0 Å². The molecule has 0 aromatic heterocycles. The van der Waals surface area contributed by atoms with Crippen LogP contribution in [0.15, 0.2) is 0 Å². The zero-order valence-corrected chi connectivity index (χ0v) is 9.96. The Morgan fingerprint density at radius 3 is 1.14 bits per heavy atom. The van der Waals surface area contributed by atoms with Crippen LogP contribution in [0.4, 0.5) is 26.3 Å². The molecular formula is C8H10F6N2O5. The number of carbonyl (C=O) groups is 3. The number of hydrogen-bond donors (Lipinski definition) is 4. The van der Waals surface area contributed by atoms with Crippen LogP contribution in [-0.2, 0) is 14.4 Å². The second-order valence-corrected chi connectivity index (χ2v) is 3.36. The van der Waals surface area contributed by atoms with Gasteiger partial charge in [-0.15, -0.1) is 0 Å². The Balaban J connectivity index is 0. The summed E-state index contributed by atoms with van der Waals surface area (Å²) in [7, 11) is 0. The van der Waals surface area contributed by atoms with Gasteiger partial charge in [0, 0.05) is 13.1 Å². The molecule has 0 aromatic carbocycles. The molecule has 1 heterocycles. The lowest BCUT2D eigenvalue weighted by Gasteiger charge is -2.22. The first-order valence-electron chi connectivity index (χ1n) is 4.79. The van der Waals surface area contributed by atoms with E-state index in [-0.39, 0.29) is 11.8 Å². The largest absolute Gasteiger partial charge is 0.490 e. The van der Waals surface area contributed by atoms with E-state index in [2.05, 4.69) is 5.32 Å². The third kappa shape index (κ3) is 11.5. The van der Waals surface area contributed by atoms with Crippen LogP contribution in [0, 0.1) is 5.92 Å². The molecule has 1 fully saturated rings. The molecule has 7 nitrogen and oxygen atoms in total. The zero-order valence-electron chi connectivity index (χ0n) is 9.96. The average Bonchev–Trinajstić information content (AvgIpc) is 2.11. The summed E-state index contributed by atoms with van der Waals surface area (Å²) < 4.78 is 63.5. The standard InChI is InChI=1S/C4H8N2O.2C2HF3O2/c5-4(7)3-1-6-2-3;2*3-2(4,5)1(6)7/h3,6H,1-2H2,(H2,5,7);2*(H,6,7). The first-order valence-corrected chi connectivity index (χ1v) is 4.79. The lowest BCUT2D eigenvalue weighted by atomic mass is 10.0. The summed E-state index contributed by atoms with van der Waals surface area (Å²) in [5.74, 6) is -5.58. The Labute approximate surface area is 112 Å². The first-order chi connectivity index (χ1) is 9.19. The van der Waals surface area contributed by atoms with Gasteiger partial charge in [-0.05, 0) is 0 Å². The van der Waals surface area contributed by atoms with Crippen molar-refractivity contribution in [2.45, 2.75) is 12.4 Å². The number of amides is 1. The van der Waals surface area contributed by atoms with Gasteiger partial charge >= 0.3 is 24.3 Å². The van der Waals surface area contributed by atoms with Crippen LogP contribution < -0.4 is 11.1 Å². The molecule has 1 rings (SSSR count). The average molecular weight is 328 g/mol. The highest BCUT2D eigenvalue weighted by Gasteiger charge is 2.38. The molecule has 1 amide bonds. The van der Waals surface area contributed by atoms with Gasteiger partial charge in [-0.1, -0.05) is 0 Å². The fourth-order valence-electron chi connectivity index (χ4n) is 0.490. The monoisotopic (exact) mass is 328 g/mol. The molecule has 124 valence electrons. The number of alkyl halides is 6. The number of nitrogens with two attached hydrogens (primary N) is 1. The minimum absolute atomic E-state index is 0.111. The lowest BCUT2D eigenvalue weighted by Crippen LogP contribution is -2.49. The van der Waals surface area contributed by atoms with Crippen molar-refractivity contribution in [2.24, 2.45) is 11.7 Å². The van der Waals surface area contributed by atoms with E-state index in [1.165, 1.54) is 0 Å². The summed E-state index contributed by atoms with van der Waals surface area (Å²) in [4.78, 5) is 28.0. The van der Waals surface area contributed by atoms with Crippen molar-refractivity contribution >= 4 is 17.8 Å². The van der Waals surface area contributed by atoms with Crippen LogP contribution in [0.1, 0.15) is 0 Å². The Hall–Kier alpha value is -2.05. The molecule has 1 aliphatic heterocycles. The van der Waals surface area contributed by atoms with Crippen molar-refractivity contribution in [2.75, 3.05) is 13.1 Å². The van der Waals surface area contributed by atoms with Crippen molar-refractivity contribution in [3.63, 3.8) is 0 Å². The number of aliphatic carboxylic acids is 2. The second-order valence-electron chi connectivity index (χ2n) is 3.36. The van der Waals surface area contributed by atoms with Crippen LogP contribution in [0.5, 0.6) is 0 Å². The van der Waals surface area contributed by atoms with E-state index >= 15 is 0 Å². The molecule has 0 saturated carbocycles. The highest BCUT2D eigenvalue weighted by atomic mass is 19.4. The fraction of sp³-hybridized carbons (Fsp3) is 0.625. The minimum atomic E-state index is -5.08. The maximum absolute atomic E-state index is 10.6. The SMILES string of the molecule is NC(=O)C1CNC1.O=C(O)C(F)(F)F.O=C(O)C(F)(F)F. The van der Waals surface area contributed by atoms with Gasteiger partial charge in [0.15, 0.2) is 0 Å². The van der Waals surface area contributed by atoms with Crippen LogP contribution in [0.3, 0.4) is 0 Å². The van der Waals surface area contributed by atoms with Crippen molar-refractivity contribution in [1.82, 2.24) is 5.32 Å². The maximum atomic E-state index is 10.6. The van der Waals surface area contributed by atoms with Gasteiger partial charge in [0.2, 0.25) is 5.91 Å². The quantitative estimate of drug-likeness (QED) is 0.500. The van der Waals surface area contributed by atoms with Crippen LogP contribution in [0.2, 0.25) is 0 Å². The summed E-state index contributed by atoms with van der Waals surface area (Å²) in [6.45, 7) is 1.55. The molecule has 21 heavy (non-hydrogen) atoms. The van der Waals surface area contributed by atoms with Crippen LogP contribution in [-0.4, -0.2) is 53.5 Å². The van der Waals surface area contributed by atoms with E-state index in [0.29, 0.717) is 0 Å². The molecule has 1 aliphatic rings. The Morgan fingerprint density at radius 1 is 0.905 bits per heavy atom. The van der Waals surface area contributed by atoms with Gasteiger partial charge in [-0.2, -0.15) is 26.3 Å². The van der Waals surface area contributed by atoms with Crippen molar-refractivity contribution in [3.8, 4) is 0 Å². The Morgan fingerprint density at radius 2 is 1.14 bits per heavy atom. The summed E-state index contributed by atoms with van der Waals surface area (Å²) in [5.41, 5.74) is 4.92. The number of hydrogen-bond acceptors (Lipinski definition) is 4. The molecule has 0 bridgehead atoms. The van der Waals surface area contributed by atoms with E-state index in [4.69, 9.17) is 25.5 Å². The number of halogens is 6. The van der Waals surface area contributed by atoms with E-state index in [9.17, 15) is 31.1 Å². The van der Waals surface area contributed by atoms with E-state index in [1.807, 2.05) is 0 Å². The number of nitrogens with one attached hydrogen (secondary N) is 1. The van der Waals surface area contributed by atoms with E-state index < -0.39 is 24.3 Å². The van der Waals surface area contributed by atoms with Gasteiger partial charge in [0.25, 0.3) is 0 Å². The third-order valence-electron chi connectivity index (χ3n) is 1.67. The molecule has 0 radical (unpaired) electrons. The summed E-state index contributed by atoms with van der Waals surface area (Å²) in [6, 6.07) is 0. The number of carbonyl (C=O) groups excluding carboxylic acids is 1. The molecule has 0 atom stereocenters. The predicted octanol–water partition coefficient (Wildman–Crippen LogP) is -0.0423. The molecule has 0 aliphatic carbocycles. The van der Waals surface area contributed by atoms with E-state index in [1.54, 1.807) is 0 Å². The minimum Gasteiger partial charge on any atom is -0.475 e. The number of primary amides is 1. The number of carboxylic acid groups (broad SMARTS) is 2. The summed E-state index contributed by atoms with van der Waals surface area (Å²) >= 11 is 0. The van der Waals surface area contributed by atoms with Crippen molar-refractivity contribution in [1.29, 1.82) is 0 Å². The van der Waals surface area contributed by atoms with Crippen LogP contribution in [0.25, 0.3) is 0 Å². The Kier molecular flexibility index (Phi) is 8.38. The second kappa shape index (κ2) is 8.28. The maximum Gasteiger partial charge on any atom is 0.490 e. The van der Waals surface area contributed by atoms with Gasteiger partial charge in [-0.25, -0.2) is 9.59 Å². The predicted molar refractivity (Wildman–Crippen MR) is 52.9 cm³/mol. The lowest BCUT2D eigenvalue weighted by molar-refractivity contribution is -0.193. The fourth-order valence-corrected chi connectivity index (χ4v) is 0.490. The topological polar surface area (TPSA) is 130 Å². The Bertz CT molecular complexity index is 352. The molecule has 0 unspecified atom stereocenters. The van der Waals surface area contributed by atoms with Crippen molar-refractivity contribution < 1.29 is 50.9 Å². The summed E-state index contributed by atoms with van der Waals surface area (Å²) in [6.07, 6.45) is -10.2. The smallest absolute Gasteiger partial charge is 0.475 e. The summed E-state index contributed by atoms with van der Waals surface area (Å²) in [5, 5.41) is 17.2. The van der Waals surface area contributed by atoms with E-state index in [0.717, 1.165) is 13.1 Å². The number of rotatable bonds is 1. The molecule has 0 spiro atoms. The van der Waals surface area contributed by atoms with Gasteiger partial charge in [-0.3, -0.25) is 4.79 Å². The molecular weight excluding hydrogens is 318 g/mol. The number of carboxylic acids is 2. The van der Waals surface area contributed by atoms with Gasteiger partial charge < -0.3 is 21.3 Å². The molecule has 13 heteroatoms. The molecule has 1 saturated heterocycles.